The molecule has 0 radical (unpaired) electrons. The van der Waals surface area contributed by atoms with Crippen molar-refractivity contribution in [3.63, 3.8) is 0 Å². The molecule has 130 valence electrons. The van der Waals surface area contributed by atoms with Crippen LogP contribution in [0.15, 0.2) is 24.3 Å². The average Bonchev–Trinajstić information content (AvgIpc) is 2.90. The van der Waals surface area contributed by atoms with Crippen LogP contribution in [0, 0.1) is 0 Å². The summed E-state index contributed by atoms with van der Waals surface area (Å²) in [5.74, 6) is 0. The first-order chi connectivity index (χ1) is 11.6. The monoisotopic (exact) mass is 347 g/mol. The van der Waals surface area contributed by atoms with E-state index < -0.39 is 0 Å². The van der Waals surface area contributed by atoms with Crippen molar-refractivity contribution in [1.29, 1.82) is 0 Å². The van der Waals surface area contributed by atoms with E-state index in [0.29, 0.717) is 6.04 Å². The molecule has 1 aliphatic rings. The fourth-order valence-electron chi connectivity index (χ4n) is 3.35. The number of rotatable bonds is 5. The highest BCUT2D eigenvalue weighted by molar-refractivity contribution is 6.30. The van der Waals surface area contributed by atoms with Crippen LogP contribution in [-0.4, -0.2) is 41.0 Å². The van der Waals surface area contributed by atoms with E-state index in [-0.39, 0.29) is 0 Å². The zero-order valence-corrected chi connectivity index (χ0v) is 15.5. The zero-order chi connectivity index (χ0) is 17.1. The van der Waals surface area contributed by atoms with Crippen LogP contribution in [0.2, 0.25) is 5.15 Å². The van der Waals surface area contributed by atoms with E-state index in [1.807, 2.05) is 7.05 Å². The number of aromatic nitrogens is 2. The molecule has 4 nitrogen and oxygen atoms in total. The minimum absolute atomic E-state index is 0.427. The summed E-state index contributed by atoms with van der Waals surface area (Å²) in [7, 11) is 1.90. The Balaban J connectivity index is 1.73. The first-order valence-electron chi connectivity index (χ1n) is 8.71. The number of hydrogen-bond donors (Lipinski definition) is 0. The van der Waals surface area contributed by atoms with Crippen molar-refractivity contribution in [2.75, 3.05) is 26.3 Å². The summed E-state index contributed by atoms with van der Waals surface area (Å²) in [4.78, 5) is 2.48. The van der Waals surface area contributed by atoms with Crippen molar-refractivity contribution in [3.8, 4) is 0 Å². The second kappa shape index (κ2) is 7.68. The summed E-state index contributed by atoms with van der Waals surface area (Å²) in [6.07, 6.45) is 1.74. The van der Waals surface area contributed by atoms with Gasteiger partial charge in [0.15, 0.2) is 0 Å². The lowest BCUT2D eigenvalue weighted by molar-refractivity contribution is 0.0198. The van der Waals surface area contributed by atoms with Gasteiger partial charge in [0.2, 0.25) is 0 Å². The highest BCUT2D eigenvalue weighted by Gasteiger charge is 2.19. The molecule has 2 heterocycles. The SMILES string of the molecule is CCc1nn(C)c(Cl)c1Cc1ccc(C(C)N2CCOCC2)cc1. The summed E-state index contributed by atoms with van der Waals surface area (Å²) >= 11 is 6.41. The molecule has 0 N–H and O–H groups in total. The highest BCUT2D eigenvalue weighted by atomic mass is 35.5. The van der Waals surface area contributed by atoms with Crippen molar-refractivity contribution in [2.45, 2.75) is 32.7 Å². The van der Waals surface area contributed by atoms with Gasteiger partial charge in [0, 0.05) is 38.2 Å². The molecule has 1 aliphatic heterocycles. The number of aryl methyl sites for hydroxylation is 2. The Morgan fingerprint density at radius 3 is 2.50 bits per heavy atom. The van der Waals surface area contributed by atoms with Crippen LogP contribution < -0.4 is 0 Å². The minimum Gasteiger partial charge on any atom is -0.379 e. The predicted molar refractivity (Wildman–Crippen MR) is 97.7 cm³/mol. The van der Waals surface area contributed by atoms with E-state index in [0.717, 1.165) is 55.6 Å². The van der Waals surface area contributed by atoms with Gasteiger partial charge in [-0.15, -0.1) is 0 Å². The molecule has 1 aromatic carbocycles. The Kier molecular flexibility index (Phi) is 5.59. The molecular formula is C19H26ClN3O. The molecule has 2 aromatic rings. The molecule has 1 unspecified atom stereocenters. The molecule has 5 heteroatoms. The van der Waals surface area contributed by atoms with Gasteiger partial charge in [-0.2, -0.15) is 5.10 Å². The van der Waals surface area contributed by atoms with Gasteiger partial charge < -0.3 is 4.74 Å². The van der Waals surface area contributed by atoms with Crippen molar-refractivity contribution >= 4 is 11.6 Å². The normalized spacial score (nSPS) is 17.2. The Hall–Kier alpha value is -1.36. The van der Waals surface area contributed by atoms with Gasteiger partial charge in [-0.05, 0) is 24.5 Å². The van der Waals surface area contributed by atoms with E-state index in [2.05, 4.69) is 48.1 Å². The number of nitrogens with zero attached hydrogens (tertiary/aromatic N) is 3. The molecule has 3 rings (SSSR count). The minimum atomic E-state index is 0.427. The third-order valence-corrected chi connectivity index (χ3v) is 5.40. The fraction of sp³-hybridized carbons (Fsp3) is 0.526. The van der Waals surface area contributed by atoms with Gasteiger partial charge in [-0.1, -0.05) is 42.8 Å². The van der Waals surface area contributed by atoms with E-state index in [1.165, 1.54) is 11.1 Å². The molecule has 1 atom stereocenters. The quantitative estimate of drug-likeness (QED) is 0.827. The Morgan fingerprint density at radius 1 is 1.21 bits per heavy atom. The van der Waals surface area contributed by atoms with Crippen LogP contribution in [0.25, 0.3) is 0 Å². The van der Waals surface area contributed by atoms with Crippen LogP contribution in [0.1, 0.15) is 42.3 Å². The number of benzene rings is 1. The van der Waals surface area contributed by atoms with Gasteiger partial charge in [0.1, 0.15) is 5.15 Å². The lowest BCUT2D eigenvalue weighted by atomic mass is 10.00. The summed E-state index contributed by atoms with van der Waals surface area (Å²) in [6.45, 7) is 8.08. The number of hydrogen-bond acceptors (Lipinski definition) is 3. The van der Waals surface area contributed by atoms with Gasteiger partial charge in [-0.25, -0.2) is 0 Å². The molecular weight excluding hydrogens is 322 g/mol. The number of ether oxygens (including phenoxy) is 1. The topological polar surface area (TPSA) is 30.3 Å². The number of halogens is 1. The maximum atomic E-state index is 6.41. The van der Waals surface area contributed by atoms with Gasteiger partial charge in [-0.3, -0.25) is 9.58 Å². The maximum Gasteiger partial charge on any atom is 0.130 e. The predicted octanol–water partition coefficient (Wildman–Crippen LogP) is 3.62. The van der Waals surface area contributed by atoms with Crippen molar-refractivity contribution in [1.82, 2.24) is 14.7 Å². The van der Waals surface area contributed by atoms with Crippen molar-refractivity contribution in [3.05, 3.63) is 51.8 Å². The molecule has 1 fully saturated rings. The van der Waals surface area contributed by atoms with Crippen LogP contribution in [0.4, 0.5) is 0 Å². The van der Waals surface area contributed by atoms with Gasteiger partial charge >= 0.3 is 0 Å². The van der Waals surface area contributed by atoms with Crippen LogP contribution in [-0.2, 0) is 24.6 Å². The molecule has 0 amide bonds. The van der Waals surface area contributed by atoms with Gasteiger partial charge in [0.25, 0.3) is 0 Å². The van der Waals surface area contributed by atoms with E-state index in [1.54, 1.807) is 4.68 Å². The summed E-state index contributed by atoms with van der Waals surface area (Å²) in [6, 6.07) is 9.34. The highest BCUT2D eigenvalue weighted by Crippen LogP contribution is 2.25. The van der Waals surface area contributed by atoms with Crippen molar-refractivity contribution in [2.24, 2.45) is 7.05 Å². The summed E-state index contributed by atoms with van der Waals surface area (Å²) in [5.41, 5.74) is 4.87. The van der Waals surface area contributed by atoms with Crippen molar-refractivity contribution < 1.29 is 4.74 Å². The fourth-order valence-corrected chi connectivity index (χ4v) is 3.57. The number of morpholine rings is 1. The maximum absolute atomic E-state index is 6.41. The Bertz CT molecular complexity index is 675. The first kappa shape index (κ1) is 17.5. The molecule has 24 heavy (non-hydrogen) atoms. The average molecular weight is 348 g/mol. The second-order valence-electron chi connectivity index (χ2n) is 6.44. The first-order valence-corrected chi connectivity index (χ1v) is 9.08. The molecule has 0 bridgehead atoms. The second-order valence-corrected chi connectivity index (χ2v) is 6.79. The standard InChI is InChI=1S/C19H26ClN3O/c1-4-18-17(19(20)22(3)21-18)13-15-5-7-16(8-6-15)14(2)23-9-11-24-12-10-23/h5-8,14H,4,9-13H2,1-3H3. The third kappa shape index (κ3) is 3.66. The lowest BCUT2D eigenvalue weighted by Gasteiger charge is -2.32. The van der Waals surface area contributed by atoms with Crippen LogP contribution in [0.5, 0.6) is 0 Å². The molecule has 0 saturated carbocycles. The molecule has 1 aromatic heterocycles. The van der Waals surface area contributed by atoms with E-state index in [9.17, 15) is 0 Å². The van der Waals surface area contributed by atoms with Crippen LogP contribution in [0.3, 0.4) is 0 Å². The Morgan fingerprint density at radius 2 is 1.88 bits per heavy atom. The zero-order valence-electron chi connectivity index (χ0n) is 14.8. The van der Waals surface area contributed by atoms with Gasteiger partial charge in [0.05, 0.1) is 18.9 Å². The summed E-state index contributed by atoms with van der Waals surface area (Å²) < 4.78 is 7.21. The Labute approximate surface area is 149 Å². The van der Waals surface area contributed by atoms with Crippen LogP contribution >= 0.6 is 11.6 Å². The largest absolute Gasteiger partial charge is 0.379 e. The van der Waals surface area contributed by atoms with E-state index in [4.69, 9.17) is 16.3 Å². The molecule has 1 saturated heterocycles. The lowest BCUT2D eigenvalue weighted by Crippen LogP contribution is -2.37. The summed E-state index contributed by atoms with van der Waals surface area (Å²) in [5, 5.41) is 5.25. The molecule has 0 aliphatic carbocycles. The van der Waals surface area contributed by atoms with E-state index >= 15 is 0 Å². The molecule has 0 spiro atoms. The third-order valence-electron chi connectivity index (χ3n) is 4.92. The smallest absolute Gasteiger partial charge is 0.130 e.